The van der Waals surface area contributed by atoms with Crippen LogP contribution in [0.1, 0.15) is 28.7 Å². The Morgan fingerprint density at radius 3 is 2.52 bits per heavy atom. The smallest absolute Gasteiger partial charge is 0.380 e. The van der Waals surface area contributed by atoms with Gasteiger partial charge in [0.2, 0.25) is 0 Å². The summed E-state index contributed by atoms with van der Waals surface area (Å²) in [4.78, 5) is 48.8. The Balaban J connectivity index is 1.78. The number of para-hydroxylation sites is 1. The Hall–Kier alpha value is -3.95. The van der Waals surface area contributed by atoms with Gasteiger partial charge in [0, 0.05) is 0 Å². The topological polar surface area (TPSA) is 129 Å². The normalized spacial score (nSPS) is 13.3. The van der Waals surface area contributed by atoms with Crippen molar-refractivity contribution in [2.45, 2.75) is 20.8 Å². The van der Waals surface area contributed by atoms with E-state index in [9.17, 15) is 19.2 Å². The summed E-state index contributed by atoms with van der Waals surface area (Å²) < 4.78 is 11.6. The van der Waals surface area contributed by atoms with Gasteiger partial charge in [0.1, 0.15) is 6.61 Å². The fourth-order valence-electron chi connectivity index (χ4n) is 3.17. The maximum Gasteiger partial charge on any atom is 0.380 e. The average molecular weight is 426 g/mol. The molecule has 2 aromatic rings. The number of hydrogen-bond acceptors (Lipinski definition) is 7. The lowest BCUT2D eigenvalue weighted by atomic mass is 10.1. The van der Waals surface area contributed by atoms with E-state index >= 15 is 0 Å². The molecule has 0 saturated heterocycles. The minimum Gasteiger partial charge on any atom is -0.463 e. The summed E-state index contributed by atoms with van der Waals surface area (Å²) in [6, 6.07) is 8.64. The van der Waals surface area contributed by atoms with Gasteiger partial charge in [-0.1, -0.05) is 18.2 Å². The van der Waals surface area contributed by atoms with Crippen LogP contribution in [0.5, 0.6) is 0 Å². The number of ether oxygens (including phenoxy) is 2. The molecule has 0 radical (unpaired) electrons. The van der Waals surface area contributed by atoms with Gasteiger partial charge < -0.3 is 20.1 Å². The van der Waals surface area contributed by atoms with Crippen molar-refractivity contribution in [1.29, 1.82) is 0 Å². The first kappa shape index (κ1) is 21.8. The predicted molar refractivity (Wildman–Crippen MR) is 109 cm³/mol. The SMILES string of the molecule is CCOC(=O)C1=C(COC(=O)C(=O)c2c(C)nn(-c3ccccc3)c2C)NC(=O)NC1. The highest BCUT2D eigenvalue weighted by atomic mass is 16.5. The van der Waals surface area contributed by atoms with E-state index in [-0.39, 0.29) is 30.0 Å². The summed E-state index contributed by atoms with van der Waals surface area (Å²) in [5.74, 6) is -2.64. The van der Waals surface area contributed by atoms with Crippen LogP contribution < -0.4 is 10.6 Å². The number of urea groups is 1. The molecule has 1 aromatic heterocycles. The molecule has 0 spiro atoms. The molecule has 1 aliphatic heterocycles. The highest BCUT2D eigenvalue weighted by Crippen LogP contribution is 2.19. The third kappa shape index (κ3) is 4.63. The average Bonchev–Trinajstić information content (AvgIpc) is 3.06. The highest BCUT2D eigenvalue weighted by Gasteiger charge is 2.29. The van der Waals surface area contributed by atoms with Gasteiger partial charge in [-0.3, -0.25) is 4.79 Å². The van der Waals surface area contributed by atoms with Crippen molar-refractivity contribution in [3.8, 4) is 5.69 Å². The second-order valence-corrected chi connectivity index (χ2v) is 6.68. The van der Waals surface area contributed by atoms with E-state index in [0.717, 1.165) is 5.69 Å². The van der Waals surface area contributed by atoms with Crippen molar-refractivity contribution in [2.24, 2.45) is 0 Å². The van der Waals surface area contributed by atoms with E-state index in [0.29, 0.717) is 11.4 Å². The van der Waals surface area contributed by atoms with E-state index in [1.54, 1.807) is 25.5 Å². The largest absolute Gasteiger partial charge is 0.463 e. The molecule has 1 aliphatic rings. The van der Waals surface area contributed by atoms with Gasteiger partial charge >= 0.3 is 18.0 Å². The van der Waals surface area contributed by atoms with Crippen LogP contribution in [0.15, 0.2) is 41.6 Å². The van der Waals surface area contributed by atoms with E-state index in [2.05, 4.69) is 15.7 Å². The lowest BCUT2D eigenvalue weighted by Crippen LogP contribution is -2.45. The molecule has 0 aliphatic carbocycles. The zero-order chi connectivity index (χ0) is 22.5. The van der Waals surface area contributed by atoms with Crippen LogP contribution in [-0.4, -0.2) is 53.3 Å². The third-order valence-electron chi connectivity index (χ3n) is 4.63. The van der Waals surface area contributed by atoms with Crippen molar-refractivity contribution in [3.05, 3.63) is 58.6 Å². The van der Waals surface area contributed by atoms with E-state index in [1.807, 2.05) is 30.3 Å². The Kier molecular flexibility index (Phi) is 6.49. The fraction of sp³-hybridized carbons (Fsp3) is 0.286. The molecular weight excluding hydrogens is 404 g/mol. The van der Waals surface area contributed by atoms with Crippen molar-refractivity contribution in [2.75, 3.05) is 19.8 Å². The fourth-order valence-corrected chi connectivity index (χ4v) is 3.17. The van der Waals surface area contributed by atoms with Gasteiger partial charge in [-0.2, -0.15) is 5.10 Å². The number of carbonyl (C=O) groups is 4. The van der Waals surface area contributed by atoms with Gasteiger partial charge in [-0.05, 0) is 32.9 Å². The summed E-state index contributed by atoms with van der Waals surface area (Å²) in [6.45, 7) is 4.56. The number of aryl methyl sites for hydroxylation is 1. The van der Waals surface area contributed by atoms with Gasteiger partial charge in [0.15, 0.2) is 0 Å². The summed E-state index contributed by atoms with van der Waals surface area (Å²) in [7, 11) is 0. The predicted octanol–water partition coefficient (Wildman–Crippen LogP) is 1.35. The molecule has 0 unspecified atom stereocenters. The van der Waals surface area contributed by atoms with Gasteiger partial charge in [0.05, 0.1) is 47.1 Å². The Labute approximate surface area is 178 Å². The van der Waals surface area contributed by atoms with Crippen LogP contribution >= 0.6 is 0 Å². The molecule has 2 heterocycles. The number of Topliss-reactive ketones (excluding diaryl/α,β-unsaturated/α-hetero) is 1. The maximum atomic E-state index is 12.8. The first-order chi connectivity index (χ1) is 14.8. The number of aromatic nitrogens is 2. The first-order valence-corrected chi connectivity index (χ1v) is 9.60. The first-order valence-electron chi connectivity index (χ1n) is 9.60. The minimum absolute atomic E-state index is 0.0665. The number of nitrogens with one attached hydrogen (secondary N) is 2. The Morgan fingerprint density at radius 1 is 1.13 bits per heavy atom. The number of hydrogen-bond donors (Lipinski definition) is 2. The molecule has 0 saturated carbocycles. The molecule has 31 heavy (non-hydrogen) atoms. The van der Waals surface area contributed by atoms with Crippen LogP contribution in [0.3, 0.4) is 0 Å². The quantitative estimate of drug-likeness (QED) is 0.388. The zero-order valence-corrected chi connectivity index (χ0v) is 17.4. The molecule has 0 bridgehead atoms. The van der Waals surface area contributed by atoms with Crippen molar-refractivity contribution in [3.63, 3.8) is 0 Å². The summed E-state index contributed by atoms with van der Waals surface area (Å²) in [5.41, 5.74) is 1.94. The molecule has 1 aromatic carbocycles. The third-order valence-corrected chi connectivity index (χ3v) is 4.63. The van der Waals surface area contributed by atoms with Gasteiger partial charge in [0.25, 0.3) is 5.78 Å². The highest BCUT2D eigenvalue weighted by molar-refractivity contribution is 6.41. The van der Waals surface area contributed by atoms with Crippen molar-refractivity contribution >= 4 is 23.8 Å². The Bertz CT molecular complexity index is 1070. The second kappa shape index (κ2) is 9.24. The van der Waals surface area contributed by atoms with Crippen LogP contribution in [-0.2, 0) is 19.1 Å². The number of benzene rings is 1. The standard InChI is InChI=1S/C21H22N4O6/c1-4-30-19(27)15-10-22-21(29)23-16(15)11-31-20(28)18(26)17-12(2)24-25(13(17)3)14-8-6-5-7-9-14/h5-9H,4,10-11H2,1-3H3,(H2,22,23,29). The van der Waals surface area contributed by atoms with Crippen molar-refractivity contribution < 1.29 is 28.7 Å². The maximum absolute atomic E-state index is 12.8. The molecule has 2 N–H and O–H groups in total. The molecule has 162 valence electrons. The molecule has 0 atom stereocenters. The van der Waals surface area contributed by atoms with Crippen LogP contribution in [0, 0.1) is 13.8 Å². The van der Waals surface area contributed by atoms with E-state index in [4.69, 9.17) is 9.47 Å². The summed E-state index contributed by atoms with van der Waals surface area (Å²) in [6.07, 6.45) is 0. The lowest BCUT2D eigenvalue weighted by Gasteiger charge is -2.20. The minimum atomic E-state index is -1.12. The monoisotopic (exact) mass is 426 g/mol. The van der Waals surface area contributed by atoms with E-state index < -0.39 is 30.4 Å². The Morgan fingerprint density at radius 2 is 1.84 bits per heavy atom. The number of amides is 2. The molecular formula is C21H22N4O6. The number of rotatable bonds is 7. The van der Waals surface area contributed by atoms with Crippen molar-refractivity contribution in [1.82, 2.24) is 20.4 Å². The number of ketones is 1. The van der Waals surface area contributed by atoms with Crippen LogP contribution in [0.2, 0.25) is 0 Å². The molecule has 0 fully saturated rings. The molecule has 10 nitrogen and oxygen atoms in total. The number of carbonyl (C=O) groups excluding carboxylic acids is 4. The lowest BCUT2D eigenvalue weighted by molar-refractivity contribution is -0.140. The second-order valence-electron chi connectivity index (χ2n) is 6.68. The van der Waals surface area contributed by atoms with Crippen LogP contribution in [0.25, 0.3) is 5.69 Å². The van der Waals surface area contributed by atoms with Gasteiger partial charge in [-0.15, -0.1) is 0 Å². The molecule has 3 rings (SSSR count). The molecule has 10 heteroatoms. The van der Waals surface area contributed by atoms with E-state index in [1.165, 1.54) is 0 Å². The number of esters is 2. The zero-order valence-electron chi connectivity index (χ0n) is 17.4. The molecule has 2 amide bonds. The summed E-state index contributed by atoms with van der Waals surface area (Å²) >= 11 is 0. The summed E-state index contributed by atoms with van der Waals surface area (Å²) in [5, 5.41) is 9.21. The van der Waals surface area contributed by atoms with Gasteiger partial charge in [-0.25, -0.2) is 19.1 Å². The number of nitrogens with zero attached hydrogens (tertiary/aromatic N) is 2. The van der Waals surface area contributed by atoms with Crippen LogP contribution in [0.4, 0.5) is 4.79 Å².